The Kier molecular flexibility index (Phi) is 8.75. The molecule has 6 atom stereocenters. The van der Waals surface area contributed by atoms with Crippen LogP contribution in [0.2, 0.25) is 0 Å². The first-order valence-corrected chi connectivity index (χ1v) is 17.7. The highest BCUT2D eigenvalue weighted by atomic mass is 31.2. The molecule has 4 aromatic rings. The van der Waals surface area contributed by atoms with Crippen molar-refractivity contribution in [1.82, 2.24) is 24.6 Å². The van der Waals surface area contributed by atoms with Crippen molar-refractivity contribution >= 4 is 47.4 Å². The lowest BCUT2D eigenvalue weighted by atomic mass is 9.98. The molecule has 2 aliphatic heterocycles. The number of rotatable bonds is 11. The molecule has 0 amide bonds. The zero-order valence-electron chi connectivity index (χ0n) is 26.7. The van der Waals surface area contributed by atoms with Gasteiger partial charge in [0.15, 0.2) is 29.4 Å². The molecule has 7 rings (SSSR count). The van der Waals surface area contributed by atoms with Crippen molar-refractivity contribution in [3.05, 3.63) is 48.8 Å². The first-order valence-electron chi connectivity index (χ1n) is 16.2. The summed E-state index contributed by atoms with van der Waals surface area (Å²) in [5, 5.41) is 15.6. The van der Waals surface area contributed by atoms with Gasteiger partial charge in [-0.3, -0.25) is 13.9 Å². The van der Waals surface area contributed by atoms with E-state index in [4.69, 9.17) is 24.3 Å². The monoisotopic (exact) mass is 683 g/mol. The van der Waals surface area contributed by atoms with Crippen LogP contribution >= 0.6 is 7.75 Å². The van der Waals surface area contributed by atoms with Crippen LogP contribution in [0.5, 0.6) is 5.75 Å². The van der Waals surface area contributed by atoms with Crippen molar-refractivity contribution in [3.63, 3.8) is 0 Å². The summed E-state index contributed by atoms with van der Waals surface area (Å²) in [6.45, 7) is 3.76. The number of esters is 1. The number of halogens is 1. The number of nitrogens with one attached hydrogen (secondary N) is 1. The predicted octanol–water partition coefficient (Wildman–Crippen LogP) is 4.43. The second-order valence-electron chi connectivity index (χ2n) is 12.8. The van der Waals surface area contributed by atoms with E-state index in [1.54, 1.807) is 18.2 Å². The fourth-order valence-corrected chi connectivity index (χ4v) is 7.94. The number of nitrogens with zero attached hydrogens (tertiary/aromatic N) is 5. The van der Waals surface area contributed by atoms with Gasteiger partial charge in [-0.2, -0.15) is 15.1 Å². The molecule has 0 radical (unpaired) electrons. The molecule has 14 nitrogen and oxygen atoms in total. The summed E-state index contributed by atoms with van der Waals surface area (Å²) >= 11 is 0. The normalized spacial score (nSPS) is 26.4. The number of carbonyl (C=O) groups excluding carboxylic acids is 1. The van der Waals surface area contributed by atoms with Crippen LogP contribution in [0.1, 0.15) is 52.2 Å². The number of ether oxygens (including phenoxy) is 2. The molecule has 48 heavy (non-hydrogen) atoms. The predicted molar refractivity (Wildman–Crippen MR) is 175 cm³/mol. The fraction of sp³-hybridized carbons (Fsp3) is 0.500. The Balaban J connectivity index is 1.13. The molecule has 16 heteroatoms. The van der Waals surface area contributed by atoms with Gasteiger partial charge in [0, 0.05) is 18.5 Å². The maximum absolute atomic E-state index is 16.0. The number of imidazole rings is 1. The Hall–Kier alpha value is -3.88. The van der Waals surface area contributed by atoms with Crippen LogP contribution in [0.3, 0.4) is 0 Å². The molecule has 2 aromatic carbocycles. The van der Waals surface area contributed by atoms with Crippen molar-refractivity contribution in [2.24, 2.45) is 0 Å². The van der Waals surface area contributed by atoms with Crippen LogP contribution in [0.4, 0.5) is 16.2 Å². The van der Waals surface area contributed by atoms with E-state index in [1.165, 1.54) is 24.7 Å². The summed E-state index contributed by atoms with van der Waals surface area (Å²) in [7, 11) is -4.40. The average Bonchev–Trinajstić information content (AvgIpc) is 3.74. The summed E-state index contributed by atoms with van der Waals surface area (Å²) in [5.74, 6) is 0.171. The van der Waals surface area contributed by atoms with E-state index < -0.39 is 50.5 Å². The third-order valence-corrected chi connectivity index (χ3v) is 10.8. The number of alkyl halides is 1. The number of nitrogen functional groups attached to an aromatic ring is 1. The van der Waals surface area contributed by atoms with E-state index in [1.807, 2.05) is 29.2 Å². The minimum Gasteiger partial charge on any atom is -0.461 e. The standard InChI is InChI=1S/C32H39FN7O7P/c1-19(29(41)45-21-11-4-5-12-21)38-48(43,47-23-14-7-10-20-9-3-6-13-22(20)23)44-17-24-26(33)32(2,42)30(46-24)40-18-35-25-27(39-15-8-16-39)36-31(34)37-28(25)40/h3,6-7,9-10,13-14,18-19,21,24,26,30,42H,4-5,8,11-12,15-17H2,1-2H3,(H,38,43)(H2,34,36,37). The summed E-state index contributed by atoms with van der Waals surface area (Å²) in [4.78, 5) is 28.1. The average molecular weight is 684 g/mol. The zero-order chi connectivity index (χ0) is 33.6. The third-order valence-electron chi connectivity index (χ3n) is 9.18. The van der Waals surface area contributed by atoms with Crippen molar-refractivity contribution < 1.29 is 37.4 Å². The van der Waals surface area contributed by atoms with Gasteiger partial charge in [-0.25, -0.2) is 13.9 Å². The smallest absolute Gasteiger partial charge is 0.459 e. The lowest BCUT2D eigenvalue weighted by molar-refractivity contribution is -0.150. The van der Waals surface area contributed by atoms with Gasteiger partial charge in [0.1, 0.15) is 29.6 Å². The maximum Gasteiger partial charge on any atom is 0.459 e. The number of anilines is 2. The highest BCUT2D eigenvalue weighted by Crippen LogP contribution is 2.49. The number of aromatic nitrogens is 4. The molecular formula is C32H39FN7O7P. The van der Waals surface area contributed by atoms with Crippen LogP contribution in [0.15, 0.2) is 48.8 Å². The third kappa shape index (κ3) is 6.21. The number of hydrogen-bond acceptors (Lipinski definition) is 12. The fourth-order valence-electron chi connectivity index (χ4n) is 6.42. The van der Waals surface area contributed by atoms with Gasteiger partial charge in [0.05, 0.1) is 12.9 Å². The van der Waals surface area contributed by atoms with E-state index in [0.717, 1.165) is 50.6 Å². The minimum absolute atomic E-state index is 0.00125. The van der Waals surface area contributed by atoms with Crippen LogP contribution in [0, 0.1) is 0 Å². The minimum atomic E-state index is -4.40. The van der Waals surface area contributed by atoms with Crippen LogP contribution in [0.25, 0.3) is 21.9 Å². The summed E-state index contributed by atoms with van der Waals surface area (Å²) in [5.41, 5.74) is 4.65. The second kappa shape index (κ2) is 12.9. The second-order valence-corrected chi connectivity index (χ2v) is 14.5. The number of hydrogen-bond donors (Lipinski definition) is 3. The maximum atomic E-state index is 16.0. The van der Waals surface area contributed by atoms with Crippen molar-refractivity contribution in [3.8, 4) is 5.75 Å². The Morgan fingerprint density at radius 2 is 1.94 bits per heavy atom. The van der Waals surface area contributed by atoms with Gasteiger partial charge < -0.3 is 29.7 Å². The van der Waals surface area contributed by atoms with Crippen molar-refractivity contribution in [2.45, 2.75) is 82.2 Å². The van der Waals surface area contributed by atoms with Gasteiger partial charge in [-0.05, 0) is 57.4 Å². The quantitative estimate of drug-likeness (QED) is 0.150. The SMILES string of the molecule is CC(NP(=O)(OCC1OC(n2cnc3c(N4CCC4)nc(N)nc32)C(C)(O)C1F)Oc1cccc2ccccc12)C(=O)OC1CCCC1. The first kappa shape index (κ1) is 32.7. The molecule has 4 heterocycles. The Morgan fingerprint density at radius 1 is 1.19 bits per heavy atom. The van der Waals surface area contributed by atoms with Crippen molar-refractivity contribution in [1.29, 1.82) is 0 Å². The van der Waals surface area contributed by atoms with Gasteiger partial charge in [0.2, 0.25) is 5.95 Å². The number of benzene rings is 2. The van der Waals surface area contributed by atoms with Gasteiger partial charge in [-0.1, -0.05) is 36.4 Å². The highest BCUT2D eigenvalue weighted by Gasteiger charge is 2.55. The largest absolute Gasteiger partial charge is 0.461 e. The number of nitrogens with two attached hydrogens (primary N) is 1. The molecule has 3 aliphatic rings. The molecule has 6 unspecified atom stereocenters. The zero-order valence-corrected chi connectivity index (χ0v) is 27.6. The lowest BCUT2D eigenvalue weighted by Gasteiger charge is -2.32. The van der Waals surface area contributed by atoms with E-state index in [2.05, 4.69) is 20.0 Å². The number of fused-ring (bicyclic) bond motifs is 2. The Morgan fingerprint density at radius 3 is 2.69 bits per heavy atom. The van der Waals surface area contributed by atoms with Gasteiger partial charge >= 0.3 is 13.7 Å². The summed E-state index contributed by atoms with van der Waals surface area (Å²) in [6, 6.07) is 11.5. The molecule has 256 valence electrons. The molecule has 2 aromatic heterocycles. The number of aliphatic hydroxyl groups is 1. The van der Waals surface area contributed by atoms with Crippen molar-refractivity contribution in [2.75, 3.05) is 30.3 Å². The summed E-state index contributed by atoms with van der Waals surface area (Å²) in [6.07, 6.45) is 0.967. The molecule has 1 saturated carbocycles. The molecule has 1 aliphatic carbocycles. The molecule has 0 bridgehead atoms. The van der Waals surface area contributed by atoms with E-state index in [0.29, 0.717) is 16.7 Å². The summed E-state index contributed by atoms with van der Waals surface area (Å²) < 4.78 is 55.3. The van der Waals surface area contributed by atoms with Crippen LogP contribution in [-0.2, 0) is 23.4 Å². The molecular weight excluding hydrogens is 644 g/mol. The van der Waals surface area contributed by atoms with Crippen LogP contribution in [-0.4, -0.2) is 80.3 Å². The Labute approximate surface area is 276 Å². The Bertz CT molecular complexity index is 1860. The van der Waals surface area contributed by atoms with E-state index in [-0.39, 0.29) is 23.4 Å². The first-order chi connectivity index (χ1) is 23.0. The molecule has 2 saturated heterocycles. The van der Waals surface area contributed by atoms with E-state index >= 15 is 4.39 Å². The van der Waals surface area contributed by atoms with Gasteiger partial charge in [-0.15, -0.1) is 0 Å². The number of carbonyl (C=O) groups is 1. The molecule has 0 spiro atoms. The molecule has 4 N–H and O–H groups in total. The lowest BCUT2D eigenvalue weighted by Crippen LogP contribution is -2.42. The highest BCUT2D eigenvalue weighted by molar-refractivity contribution is 7.52. The topological polar surface area (TPSA) is 176 Å². The van der Waals surface area contributed by atoms with E-state index in [9.17, 15) is 14.5 Å². The molecule has 3 fully saturated rings. The van der Waals surface area contributed by atoms with Gasteiger partial charge in [0.25, 0.3) is 0 Å². The van der Waals surface area contributed by atoms with Crippen LogP contribution < -0.4 is 20.2 Å².